The van der Waals surface area contributed by atoms with Crippen LogP contribution in [0.25, 0.3) is 0 Å². The monoisotopic (exact) mass is 375 g/mol. The topological polar surface area (TPSA) is 55.2 Å². The van der Waals surface area contributed by atoms with Gasteiger partial charge in [0.1, 0.15) is 4.90 Å². The summed E-state index contributed by atoms with van der Waals surface area (Å²) >= 11 is 0. The highest BCUT2D eigenvalue weighted by Crippen LogP contribution is 2.30. The van der Waals surface area contributed by atoms with Gasteiger partial charge in [0.25, 0.3) is 0 Å². The minimum atomic E-state index is -3.52. The van der Waals surface area contributed by atoms with E-state index in [0.29, 0.717) is 30.2 Å². The van der Waals surface area contributed by atoms with Crippen LogP contribution in [0, 0.1) is 0 Å². The Bertz CT molecular complexity index is 828. The Hall–Kier alpha value is -1.66. The van der Waals surface area contributed by atoms with E-state index in [1.807, 2.05) is 51.1 Å². The molecule has 1 aromatic carbocycles. The second-order valence-corrected chi connectivity index (χ2v) is 10.00. The Morgan fingerprint density at radius 3 is 2.19 bits per heavy atom. The first kappa shape index (κ1) is 19.1. The van der Waals surface area contributed by atoms with Crippen molar-refractivity contribution >= 4 is 10.0 Å². The van der Waals surface area contributed by atoms with Crippen LogP contribution in [0.3, 0.4) is 0 Å². The quantitative estimate of drug-likeness (QED) is 0.817. The van der Waals surface area contributed by atoms with E-state index in [2.05, 4.69) is 5.10 Å². The number of nitrogens with zero attached hydrogens (tertiary/aromatic N) is 3. The number of hydrogen-bond donors (Lipinski definition) is 0. The Kier molecular flexibility index (Phi) is 5.53. The zero-order chi connectivity index (χ0) is 18.8. The lowest BCUT2D eigenvalue weighted by Gasteiger charge is -2.22. The van der Waals surface area contributed by atoms with Gasteiger partial charge in [-0.25, -0.2) is 8.42 Å². The van der Waals surface area contributed by atoms with Crippen molar-refractivity contribution in [3.05, 3.63) is 47.8 Å². The van der Waals surface area contributed by atoms with Crippen LogP contribution in [0.2, 0.25) is 0 Å². The first-order chi connectivity index (χ1) is 12.3. The van der Waals surface area contributed by atoms with Crippen molar-refractivity contribution in [2.45, 2.75) is 63.3 Å². The van der Waals surface area contributed by atoms with E-state index in [1.165, 1.54) is 0 Å². The summed E-state index contributed by atoms with van der Waals surface area (Å²) < 4.78 is 30.1. The second-order valence-electron chi connectivity index (χ2n) is 8.09. The third-order valence-electron chi connectivity index (χ3n) is 4.81. The highest BCUT2D eigenvalue weighted by Gasteiger charge is 2.34. The molecule has 0 amide bonds. The molecule has 0 aliphatic carbocycles. The first-order valence-electron chi connectivity index (χ1n) is 9.40. The van der Waals surface area contributed by atoms with Gasteiger partial charge in [-0.15, -0.1) is 0 Å². The zero-order valence-corrected chi connectivity index (χ0v) is 16.8. The molecule has 0 unspecified atom stereocenters. The van der Waals surface area contributed by atoms with E-state index in [0.717, 1.165) is 31.2 Å². The van der Waals surface area contributed by atoms with Gasteiger partial charge in [-0.05, 0) is 18.4 Å². The lowest BCUT2D eigenvalue weighted by molar-refractivity contribution is 0.421. The fraction of sp³-hybridized carbons (Fsp3) is 0.550. The SMILES string of the molecule is CC(C)(C)c1nn(Cc2ccccc2)cc1S(=O)(=O)N1CCCCCC1. The highest BCUT2D eigenvalue weighted by atomic mass is 32.2. The van der Waals surface area contributed by atoms with E-state index in [-0.39, 0.29) is 5.41 Å². The summed E-state index contributed by atoms with van der Waals surface area (Å²) in [4.78, 5) is 0.364. The van der Waals surface area contributed by atoms with Crippen LogP contribution in [-0.2, 0) is 22.0 Å². The molecule has 142 valence electrons. The summed E-state index contributed by atoms with van der Waals surface area (Å²) in [5.41, 5.74) is 1.42. The predicted octanol–water partition coefficient (Wildman–Crippen LogP) is 3.79. The van der Waals surface area contributed by atoms with Crippen LogP contribution in [0.5, 0.6) is 0 Å². The lowest BCUT2D eigenvalue weighted by Crippen LogP contribution is -2.33. The van der Waals surface area contributed by atoms with E-state index in [4.69, 9.17) is 0 Å². The molecule has 0 atom stereocenters. The maximum absolute atomic E-state index is 13.3. The summed E-state index contributed by atoms with van der Waals surface area (Å²) in [6.45, 7) is 7.84. The van der Waals surface area contributed by atoms with Crippen LogP contribution in [0.4, 0.5) is 0 Å². The van der Waals surface area contributed by atoms with Crippen molar-refractivity contribution in [2.75, 3.05) is 13.1 Å². The molecule has 26 heavy (non-hydrogen) atoms. The van der Waals surface area contributed by atoms with E-state index in [9.17, 15) is 8.42 Å². The maximum atomic E-state index is 13.3. The number of aromatic nitrogens is 2. The Labute approximate surface area is 157 Å². The maximum Gasteiger partial charge on any atom is 0.246 e. The molecule has 3 rings (SSSR count). The molecule has 6 heteroatoms. The van der Waals surface area contributed by atoms with Crippen LogP contribution < -0.4 is 0 Å². The summed E-state index contributed by atoms with van der Waals surface area (Å²) in [5, 5.41) is 4.67. The standard InChI is InChI=1S/C20H29N3O2S/c1-20(2,3)19-18(26(24,25)23-13-9-4-5-10-14-23)16-22(21-19)15-17-11-7-6-8-12-17/h6-8,11-12,16H,4-5,9-10,13-15H2,1-3H3. The van der Waals surface area contributed by atoms with Gasteiger partial charge < -0.3 is 0 Å². The second kappa shape index (κ2) is 7.53. The van der Waals surface area contributed by atoms with E-state index >= 15 is 0 Å². The average Bonchev–Trinajstić information content (AvgIpc) is 2.84. The molecule has 0 spiro atoms. The smallest absolute Gasteiger partial charge is 0.246 e. The van der Waals surface area contributed by atoms with Gasteiger partial charge in [0.2, 0.25) is 10.0 Å². The van der Waals surface area contributed by atoms with Crippen molar-refractivity contribution < 1.29 is 8.42 Å². The van der Waals surface area contributed by atoms with Crippen LogP contribution >= 0.6 is 0 Å². The summed E-state index contributed by atoms with van der Waals surface area (Å²) in [5.74, 6) is 0. The molecule has 1 aliphatic heterocycles. The molecule has 1 fully saturated rings. The molecule has 5 nitrogen and oxygen atoms in total. The number of rotatable bonds is 4. The fourth-order valence-electron chi connectivity index (χ4n) is 3.38. The molecular weight excluding hydrogens is 346 g/mol. The van der Waals surface area contributed by atoms with E-state index < -0.39 is 10.0 Å². The van der Waals surface area contributed by atoms with E-state index in [1.54, 1.807) is 15.2 Å². The summed E-state index contributed by atoms with van der Waals surface area (Å²) in [7, 11) is -3.52. The van der Waals surface area contributed by atoms with Gasteiger partial charge in [0.15, 0.2) is 0 Å². The zero-order valence-electron chi connectivity index (χ0n) is 16.0. The minimum Gasteiger partial charge on any atom is -0.267 e. The molecule has 0 bridgehead atoms. The largest absolute Gasteiger partial charge is 0.267 e. The van der Waals surface area contributed by atoms with Gasteiger partial charge in [0.05, 0.1) is 12.2 Å². The molecular formula is C20H29N3O2S. The Morgan fingerprint density at radius 1 is 1.00 bits per heavy atom. The molecule has 0 saturated carbocycles. The van der Waals surface area contributed by atoms with Crippen molar-refractivity contribution in [2.24, 2.45) is 0 Å². The van der Waals surface area contributed by atoms with Gasteiger partial charge in [-0.1, -0.05) is 63.9 Å². The van der Waals surface area contributed by atoms with Crippen molar-refractivity contribution in [1.29, 1.82) is 0 Å². The third-order valence-corrected chi connectivity index (χ3v) is 6.71. The molecule has 2 aromatic rings. The Balaban J connectivity index is 1.99. The first-order valence-corrected chi connectivity index (χ1v) is 10.8. The normalized spacial score (nSPS) is 17.2. The van der Waals surface area contributed by atoms with Crippen LogP contribution in [0.15, 0.2) is 41.4 Å². The number of hydrogen-bond acceptors (Lipinski definition) is 3. The number of benzene rings is 1. The fourth-order valence-corrected chi connectivity index (χ4v) is 5.25. The van der Waals surface area contributed by atoms with Crippen LogP contribution in [-0.4, -0.2) is 35.6 Å². The molecule has 0 radical (unpaired) electrons. The van der Waals surface area contributed by atoms with Crippen molar-refractivity contribution in [3.8, 4) is 0 Å². The molecule has 2 heterocycles. The predicted molar refractivity (Wildman–Crippen MR) is 104 cm³/mol. The highest BCUT2D eigenvalue weighted by molar-refractivity contribution is 7.89. The average molecular weight is 376 g/mol. The lowest BCUT2D eigenvalue weighted by atomic mass is 9.92. The van der Waals surface area contributed by atoms with Gasteiger partial charge in [-0.3, -0.25) is 4.68 Å². The molecule has 1 saturated heterocycles. The van der Waals surface area contributed by atoms with Crippen molar-refractivity contribution in [1.82, 2.24) is 14.1 Å². The third kappa shape index (κ3) is 4.18. The van der Waals surface area contributed by atoms with Gasteiger partial charge in [-0.2, -0.15) is 9.40 Å². The van der Waals surface area contributed by atoms with Crippen molar-refractivity contribution in [3.63, 3.8) is 0 Å². The van der Waals surface area contributed by atoms with Gasteiger partial charge >= 0.3 is 0 Å². The minimum absolute atomic E-state index is 0.337. The number of sulfonamides is 1. The van der Waals surface area contributed by atoms with Crippen LogP contribution in [0.1, 0.15) is 57.7 Å². The Morgan fingerprint density at radius 2 is 1.62 bits per heavy atom. The molecule has 1 aromatic heterocycles. The molecule has 1 aliphatic rings. The van der Waals surface area contributed by atoms with Gasteiger partial charge in [0, 0.05) is 24.7 Å². The summed E-state index contributed by atoms with van der Waals surface area (Å²) in [6.07, 6.45) is 5.79. The summed E-state index contributed by atoms with van der Waals surface area (Å²) in [6, 6.07) is 10.0. The molecule has 0 N–H and O–H groups in total.